The Bertz CT molecular complexity index is 92.6. The highest BCUT2D eigenvalue weighted by atomic mass is 32.2. The van der Waals surface area contributed by atoms with Crippen LogP contribution in [-0.2, 0) is 0 Å². The summed E-state index contributed by atoms with van der Waals surface area (Å²) in [7, 11) is 0. The number of nitrogens with zero attached hydrogens (tertiary/aromatic N) is 1. The number of aliphatic imine (C=N–C) groups is 1. The summed E-state index contributed by atoms with van der Waals surface area (Å²) >= 11 is 3.76. The molecule has 0 aromatic heterocycles. The molecule has 46 valence electrons. The van der Waals surface area contributed by atoms with Crippen LogP contribution in [0, 0.1) is 0 Å². The zero-order valence-corrected chi connectivity index (χ0v) is 6.52. The van der Waals surface area contributed by atoms with Crippen molar-refractivity contribution >= 4 is 27.9 Å². The Morgan fingerprint density at radius 1 is 1.50 bits per heavy atom. The Morgan fingerprint density at radius 2 is 2.12 bits per heavy atom. The zero-order chi connectivity index (χ0) is 5.82. The first-order valence-corrected chi connectivity index (χ1v) is 4.70. The maximum atomic E-state index is 4.27. The van der Waals surface area contributed by atoms with Crippen LogP contribution in [0.3, 0.4) is 0 Å². The maximum absolute atomic E-state index is 4.27. The summed E-state index contributed by atoms with van der Waals surface area (Å²) in [5.74, 6) is 2.51. The summed E-state index contributed by atoms with van der Waals surface area (Å²) in [6, 6.07) is 0. The summed E-state index contributed by atoms with van der Waals surface area (Å²) < 4.78 is 1.28. The highest BCUT2D eigenvalue weighted by Crippen LogP contribution is 2.25. The average molecular weight is 147 g/mol. The lowest BCUT2D eigenvalue weighted by molar-refractivity contribution is 1.14. The molecule has 0 saturated carbocycles. The van der Waals surface area contributed by atoms with Crippen molar-refractivity contribution in [3.63, 3.8) is 0 Å². The molecule has 1 heterocycles. The molecular formula is C5H9NS2. The van der Waals surface area contributed by atoms with Crippen molar-refractivity contribution in [2.75, 3.05) is 18.1 Å². The van der Waals surface area contributed by atoms with E-state index in [0.717, 1.165) is 6.54 Å². The summed E-state index contributed by atoms with van der Waals surface area (Å²) in [5.41, 5.74) is 0. The number of hydrogen-bond acceptors (Lipinski definition) is 3. The molecule has 0 amide bonds. The molecule has 0 N–H and O–H groups in total. The van der Waals surface area contributed by atoms with E-state index in [1.807, 2.05) is 23.5 Å². The molecule has 1 aliphatic heterocycles. The fourth-order valence-corrected chi connectivity index (χ4v) is 2.81. The quantitative estimate of drug-likeness (QED) is 0.561. The zero-order valence-electron chi connectivity index (χ0n) is 4.89. The van der Waals surface area contributed by atoms with Gasteiger partial charge in [-0.05, 0) is 6.92 Å². The highest BCUT2D eigenvalue weighted by molar-refractivity contribution is 8.41. The molecule has 1 saturated heterocycles. The van der Waals surface area contributed by atoms with Gasteiger partial charge in [0.05, 0.1) is 0 Å². The Hall–Kier alpha value is 0.370. The Labute approximate surface area is 58.3 Å². The van der Waals surface area contributed by atoms with Gasteiger partial charge in [-0.25, -0.2) is 0 Å². The third-order valence-electron chi connectivity index (χ3n) is 0.822. The first-order valence-electron chi connectivity index (χ1n) is 2.73. The minimum Gasteiger partial charge on any atom is -0.272 e. The average Bonchev–Trinajstić information content (AvgIpc) is 2.19. The van der Waals surface area contributed by atoms with Gasteiger partial charge in [-0.1, -0.05) is 23.5 Å². The third-order valence-corrected chi connectivity index (χ3v) is 3.36. The molecule has 1 aliphatic rings. The molecule has 0 aromatic rings. The van der Waals surface area contributed by atoms with Crippen LogP contribution in [0.1, 0.15) is 6.92 Å². The van der Waals surface area contributed by atoms with Gasteiger partial charge in [0.1, 0.15) is 4.38 Å². The maximum Gasteiger partial charge on any atom is 0.124 e. The Kier molecular flexibility index (Phi) is 2.76. The van der Waals surface area contributed by atoms with Crippen molar-refractivity contribution in [3.05, 3.63) is 0 Å². The van der Waals surface area contributed by atoms with Crippen molar-refractivity contribution in [3.8, 4) is 0 Å². The fourth-order valence-electron chi connectivity index (χ4n) is 0.520. The van der Waals surface area contributed by atoms with E-state index in [4.69, 9.17) is 0 Å². The smallest absolute Gasteiger partial charge is 0.124 e. The van der Waals surface area contributed by atoms with Gasteiger partial charge < -0.3 is 0 Å². The molecular weight excluding hydrogens is 138 g/mol. The summed E-state index contributed by atoms with van der Waals surface area (Å²) in [4.78, 5) is 4.27. The van der Waals surface area contributed by atoms with Crippen LogP contribution in [0.25, 0.3) is 0 Å². The van der Waals surface area contributed by atoms with E-state index in [1.165, 1.54) is 15.9 Å². The monoisotopic (exact) mass is 147 g/mol. The van der Waals surface area contributed by atoms with Crippen molar-refractivity contribution in [2.24, 2.45) is 4.99 Å². The first-order chi connectivity index (χ1) is 3.93. The molecule has 0 atom stereocenters. The van der Waals surface area contributed by atoms with Crippen LogP contribution in [-0.4, -0.2) is 22.4 Å². The van der Waals surface area contributed by atoms with Gasteiger partial charge in [-0.3, -0.25) is 4.99 Å². The molecule has 3 heteroatoms. The van der Waals surface area contributed by atoms with E-state index in [9.17, 15) is 0 Å². The second kappa shape index (κ2) is 3.41. The van der Waals surface area contributed by atoms with Crippen LogP contribution < -0.4 is 0 Å². The van der Waals surface area contributed by atoms with Crippen molar-refractivity contribution in [2.45, 2.75) is 6.92 Å². The molecule has 0 radical (unpaired) electrons. The van der Waals surface area contributed by atoms with Crippen molar-refractivity contribution < 1.29 is 0 Å². The predicted octanol–water partition coefficient (Wildman–Crippen LogP) is 1.84. The van der Waals surface area contributed by atoms with E-state index in [0.29, 0.717) is 0 Å². The highest BCUT2D eigenvalue weighted by Gasteiger charge is 2.07. The molecule has 0 unspecified atom stereocenters. The molecule has 1 nitrogen and oxygen atoms in total. The Morgan fingerprint density at radius 3 is 2.62 bits per heavy atom. The molecule has 1 rings (SSSR count). The minimum atomic E-state index is 0.940. The van der Waals surface area contributed by atoms with Crippen LogP contribution >= 0.6 is 23.5 Å². The summed E-state index contributed by atoms with van der Waals surface area (Å²) in [5, 5.41) is 0. The molecule has 0 bridgehead atoms. The summed E-state index contributed by atoms with van der Waals surface area (Å²) in [6.07, 6.45) is 0. The van der Waals surface area contributed by atoms with Gasteiger partial charge in [-0.15, -0.1) is 0 Å². The molecule has 0 aromatic carbocycles. The van der Waals surface area contributed by atoms with Crippen LogP contribution in [0.15, 0.2) is 4.99 Å². The second-order valence-corrected chi connectivity index (χ2v) is 3.86. The van der Waals surface area contributed by atoms with Gasteiger partial charge >= 0.3 is 0 Å². The van der Waals surface area contributed by atoms with Crippen LogP contribution in [0.4, 0.5) is 0 Å². The molecule has 1 fully saturated rings. The van der Waals surface area contributed by atoms with Gasteiger partial charge in [0, 0.05) is 18.1 Å². The third kappa shape index (κ3) is 1.71. The standard InChI is InChI=1S/C5H9NS2/c1-2-6-5-7-3-4-8-5/h2-4H2,1H3. The lowest BCUT2D eigenvalue weighted by Crippen LogP contribution is -1.77. The molecule has 0 spiro atoms. The van der Waals surface area contributed by atoms with E-state index < -0.39 is 0 Å². The largest absolute Gasteiger partial charge is 0.272 e. The SMILES string of the molecule is CCN=C1SCCS1. The number of rotatable bonds is 1. The van der Waals surface area contributed by atoms with Gasteiger partial charge in [-0.2, -0.15) is 0 Å². The van der Waals surface area contributed by atoms with Crippen LogP contribution in [0.5, 0.6) is 0 Å². The first kappa shape index (κ1) is 6.49. The fraction of sp³-hybridized carbons (Fsp3) is 0.800. The second-order valence-electron chi connectivity index (χ2n) is 1.44. The predicted molar refractivity (Wildman–Crippen MR) is 42.9 cm³/mol. The molecule has 8 heavy (non-hydrogen) atoms. The summed E-state index contributed by atoms with van der Waals surface area (Å²) in [6.45, 7) is 3.02. The number of hydrogen-bond donors (Lipinski definition) is 0. The van der Waals surface area contributed by atoms with Gasteiger partial charge in [0.2, 0.25) is 0 Å². The van der Waals surface area contributed by atoms with E-state index in [2.05, 4.69) is 11.9 Å². The van der Waals surface area contributed by atoms with E-state index in [-0.39, 0.29) is 0 Å². The Balaban J connectivity index is 2.33. The van der Waals surface area contributed by atoms with Gasteiger partial charge in [0.15, 0.2) is 0 Å². The van der Waals surface area contributed by atoms with Crippen molar-refractivity contribution in [1.82, 2.24) is 0 Å². The molecule has 0 aliphatic carbocycles. The number of thioether (sulfide) groups is 2. The minimum absolute atomic E-state index is 0.940. The lowest BCUT2D eigenvalue weighted by Gasteiger charge is -1.87. The normalized spacial score (nSPS) is 19.4. The van der Waals surface area contributed by atoms with Crippen molar-refractivity contribution in [1.29, 1.82) is 0 Å². The topological polar surface area (TPSA) is 12.4 Å². The van der Waals surface area contributed by atoms with Gasteiger partial charge in [0.25, 0.3) is 0 Å². The van der Waals surface area contributed by atoms with E-state index in [1.54, 1.807) is 0 Å². The van der Waals surface area contributed by atoms with E-state index >= 15 is 0 Å². The van der Waals surface area contributed by atoms with Crippen LogP contribution in [0.2, 0.25) is 0 Å². The lowest BCUT2D eigenvalue weighted by atomic mass is 10.8.